The molecule has 2 aliphatic heterocycles. The molecule has 3 N–H and O–H groups in total. The van der Waals surface area contributed by atoms with E-state index in [0.717, 1.165) is 6.54 Å². The average Bonchev–Trinajstić information content (AvgIpc) is 3.36. The van der Waals surface area contributed by atoms with E-state index in [9.17, 15) is 9.59 Å². The average molecular weight is 429 g/mol. The highest BCUT2D eigenvalue weighted by Gasteiger charge is 2.45. The number of carbonyl (C=O) groups excluding carboxylic acids is 2. The second-order valence-electron chi connectivity index (χ2n) is 8.58. The Morgan fingerprint density at radius 3 is 2.42 bits per heavy atom. The van der Waals surface area contributed by atoms with Gasteiger partial charge in [-0.3, -0.25) is 19.6 Å². The molecule has 3 rings (SSSR count). The maximum absolute atomic E-state index is 12.4. The van der Waals surface area contributed by atoms with Crippen molar-refractivity contribution in [2.24, 2.45) is 4.99 Å². The van der Waals surface area contributed by atoms with E-state index in [1.807, 2.05) is 6.92 Å². The first kappa shape index (κ1) is 23.1. The minimum absolute atomic E-state index is 0.143. The van der Waals surface area contributed by atoms with Gasteiger partial charge in [0, 0.05) is 33.2 Å². The van der Waals surface area contributed by atoms with Crippen LogP contribution < -0.4 is 16.0 Å². The Bertz CT molecular complexity index is 788. The molecule has 2 aliphatic rings. The highest BCUT2D eigenvalue weighted by Crippen LogP contribution is 2.20. The smallest absolute Gasteiger partial charge is 0.325 e. The fraction of sp³-hybridized carbons (Fsp3) is 0.609. The van der Waals surface area contributed by atoms with E-state index in [1.54, 1.807) is 14.0 Å². The van der Waals surface area contributed by atoms with Gasteiger partial charge in [-0.1, -0.05) is 31.2 Å². The maximum Gasteiger partial charge on any atom is 0.325 e. The molecular formula is C23H36N6O2. The number of hydrogen-bond donors (Lipinski definition) is 3. The lowest BCUT2D eigenvalue weighted by molar-refractivity contribution is -0.130. The molecule has 2 saturated heterocycles. The van der Waals surface area contributed by atoms with Crippen LogP contribution in [0.4, 0.5) is 4.79 Å². The molecule has 170 valence electrons. The van der Waals surface area contributed by atoms with Crippen LogP contribution in [0.2, 0.25) is 0 Å². The van der Waals surface area contributed by atoms with Crippen LogP contribution in [0, 0.1) is 0 Å². The second-order valence-corrected chi connectivity index (χ2v) is 8.58. The van der Waals surface area contributed by atoms with E-state index in [0.29, 0.717) is 38.4 Å². The van der Waals surface area contributed by atoms with Gasteiger partial charge in [-0.25, -0.2) is 4.79 Å². The minimum Gasteiger partial charge on any atom is -0.356 e. The molecule has 2 fully saturated rings. The molecule has 0 radical (unpaired) electrons. The van der Waals surface area contributed by atoms with Gasteiger partial charge in [-0.2, -0.15) is 0 Å². The van der Waals surface area contributed by atoms with Crippen LogP contribution in [0.3, 0.4) is 0 Å². The number of guanidine groups is 1. The molecular weight excluding hydrogens is 392 g/mol. The van der Waals surface area contributed by atoms with Gasteiger partial charge in [0.15, 0.2) is 5.96 Å². The first-order valence-electron chi connectivity index (χ1n) is 11.3. The van der Waals surface area contributed by atoms with Crippen molar-refractivity contribution in [3.63, 3.8) is 0 Å². The summed E-state index contributed by atoms with van der Waals surface area (Å²) < 4.78 is 0. The Kier molecular flexibility index (Phi) is 7.90. The molecule has 1 aromatic carbocycles. The van der Waals surface area contributed by atoms with Crippen LogP contribution in [0.25, 0.3) is 0 Å². The highest BCUT2D eigenvalue weighted by molar-refractivity contribution is 6.06. The molecule has 0 aromatic heterocycles. The molecule has 8 nitrogen and oxygen atoms in total. The zero-order valence-corrected chi connectivity index (χ0v) is 19.0. The molecule has 1 atom stereocenters. The summed E-state index contributed by atoms with van der Waals surface area (Å²) in [7, 11) is 1.73. The third-order valence-corrected chi connectivity index (χ3v) is 6.21. The van der Waals surface area contributed by atoms with Gasteiger partial charge in [0.1, 0.15) is 5.54 Å². The SMILES string of the molecule is CCC1(C)NC(=O)N(CCCNC(=NC)NCc2ccc(CN3CCCC3)cc2)C1=O. The number of urea groups is 1. The topological polar surface area (TPSA) is 89.1 Å². The number of hydrogen-bond acceptors (Lipinski definition) is 4. The zero-order valence-electron chi connectivity index (χ0n) is 19.0. The van der Waals surface area contributed by atoms with E-state index in [1.165, 1.54) is 42.0 Å². The van der Waals surface area contributed by atoms with Gasteiger partial charge in [0.2, 0.25) is 0 Å². The Hall–Kier alpha value is -2.61. The Morgan fingerprint density at radius 1 is 1.13 bits per heavy atom. The third-order valence-electron chi connectivity index (χ3n) is 6.21. The first-order chi connectivity index (χ1) is 14.9. The van der Waals surface area contributed by atoms with Gasteiger partial charge in [-0.05, 0) is 56.8 Å². The number of likely N-dealkylation sites (tertiary alicyclic amines) is 1. The number of carbonyl (C=O) groups is 2. The fourth-order valence-corrected chi connectivity index (χ4v) is 4.00. The molecule has 0 bridgehead atoms. The van der Waals surface area contributed by atoms with Gasteiger partial charge in [0.05, 0.1) is 0 Å². The van der Waals surface area contributed by atoms with Crippen molar-refractivity contribution in [1.82, 2.24) is 25.8 Å². The number of imide groups is 1. The number of nitrogens with zero attached hydrogens (tertiary/aromatic N) is 3. The van der Waals surface area contributed by atoms with Crippen LogP contribution in [-0.2, 0) is 17.9 Å². The molecule has 1 aromatic rings. The van der Waals surface area contributed by atoms with Gasteiger partial charge >= 0.3 is 6.03 Å². The lowest BCUT2D eigenvalue weighted by Gasteiger charge is -2.19. The normalized spacial score (nSPS) is 22.2. The molecule has 2 heterocycles. The summed E-state index contributed by atoms with van der Waals surface area (Å²) in [5.41, 5.74) is 1.78. The molecule has 31 heavy (non-hydrogen) atoms. The summed E-state index contributed by atoms with van der Waals surface area (Å²) in [6, 6.07) is 8.42. The van der Waals surface area contributed by atoms with Crippen molar-refractivity contribution in [2.75, 3.05) is 33.2 Å². The predicted molar refractivity (Wildman–Crippen MR) is 123 cm³/mol. The number of nitrogens with one attached hydrogen (secondary N) is 3. The van der Waals surface area contributed by atoms with Crippen molar-refractivity contribution in [3.05, 3.63) is 35.4 Å². The molecule has 0 saturated carbocycles. The van der Waals surface area contributed by atoms with Crippen molar-refractivity contribution in [1.29, 1.82) is 0 Å². The number of aliphatic imine (C=N–C) groups is 1. The molecule has 1 unspecified atom stereocenters. The Balaban J connectivity index is 1.37. The van der Waals surface area contributed by atoms with Gasteiger partial charge < -0.3 is 16.0 Å². The lowest BCUT2D eigenvalue weighted by Crippen LogP contribution is -2.43. The Morgan fingerprint density at radius 2 is 1.81 bits per heavy atom. The second kappa shape index (κ2) is 10.6. The van der Waals surface area contributed by atoms with Crippen molar-refractivity contribution in [2.45, 2.75) is 58.2 Å². The zero-order chi connectivity index (χ0) is 22.3. The maximum atomic E-state index is 12.4. The van der Waals surface area contributed by atoms with E-state index < -0.39 is 5.54 Å². The predicted octanol–water partition coefficient (Wildman–Crippen LogP) is 2.06. The minimum atomic E-state index is -0.772. The van der Waals surface area contributed by atoms with Crippen molar-refractivity contribution in [3.8, 4) is 0 Å². The number of rotatable bonds is 9. The van der Waals surface area contributed by atoms with Crippen molar-refractivity contribution >= 4 is 17.9 Å². The Labute approximate surface area is 185 Å². The summed E-state index contributed by atoms with van der Waals surface area (Å²) in [6.07, 6.45) is 3.87. The number of benzene rings is 1. The summed E-state index contributed by atoms with van der Waals surface area (Å²) >= 11 is 0. The summed E-state index contributed by atoms with van der Waals surface area (Å²) in [6.45, 7) is 8.82. The lowest BCUT2D eigenvalue weighted by atomic mass is 9.99. The standard InChI is InChI=1S/C23H36N6O2/c1-4-23(2)20(30)29(22(31)27-23)15-7-12-25-21(24-3)26-16-18-8-10-19(11-9-18)17-28-13-5-6-14-28/h8-11H,4-7,12-17H2,1-3H3,(H,27,31)(H2,24,25,26). The third kappa shape index (κ3) is 5.97. The molecule has 8 heteroatoms. The monoisotopic (exact) mass is 428 g/mol. The number of amides is 3. The van der Waals surface area contributed by atoms with Crippen LogP contribution in [0.5, 0.6) is 0 Å². The molecule has 0 aliphatic carbocycles. The van der Waals surface area contributed by atoms with E-state index in [4.69, 9.17) is 0 Å². The summed E-state index contributed by atoms with van der Waals surface area (Å²) in [5.74, 6) is 0.562. The summed E-state index contributed by atoms with van der Waals surface area (Å²) in [5, 5.41) is 9.35. The fourth-order valence-electron chi connectivity index (χ4n) is 4.00. The highest BCUT2D eigenvalue weighted by atomic mass is 16.2. The van der Waals surface area contributed by atoms with Crippen LogP contribution in [0.1, 0.15) is 50.7 Å². The summed E-state index contributed by atoms with van der Waals surface area (Å²) in [4.78, 5) is 32.5. The first-order valence-corrected chi connectivity index (χ1v) is 11.3. The largest absolute Gasteiger partial charge is 0.356 e. The quantitative estimate of drug-likeness (QED) is 0.242. The molecule has 3 amide bonds. The molecule has 0 spiro atoms. The van der Waals surface area contributed by atoms with E-state index >= 15 is 0 Å². The van der Waals surface area contributed by atoms with E-state index in [-0.39, 0.29) is 11.9 Å². The van der Waals surface area contributed by atoms with Gasteiger partial charge in [-0.15, -0.1) is 0 Å². The van der Waals surface area contributed by atoms with Crippen molar-refractivity contribution < 1.29 is 9.59 Å². The van der Waals surface area contributed by atoms with E-state index in [2.05, 4.69) is 50.1 Å². The van der Waals surface area contributed by atoms with Crippen LogP contribution >= 0.6 is 0 Å². The van der Waals surface area contributed by atoms with Crippen LogP contribution in [-0.4, -0.2) is 66.5 Å². The van der Waals surface area contributed by atoms with Gasteiger partial charge in [0.25, 0.3) is 5.91 Å². The van der Waals surface area contributed by atoms with Crippen LogP contribution in [0.15, 0.2) is 29.3 Å².